The van der Waals surface area contributed by atoms with Gasteiger partial charge in [0.05, 0.1) is 6.26 Å². The minimum absolute atomic E-state index is 0.128. The van der Waals surface area contributed by atoms with Gasteiger partial charge in [0.15, 0.2) is 0 Å². The summed E-state index contributed by atoms with van der Waals surface area (Å²) < 4.78 is 5.44. The number of aliphatic hydroxyl groups is 1. The topological polar surface area (TPSA) is 74.5 Å². The highest BCUT2D eigenvalue weighted by atomic mass is 16.3. The van der Waals surface area contributed by atoms with Crippen molar-refractivity contribution in [1.82, 2.24) is 10.6 Å². The molecule has 22 heavy (non-hydrogen) atoms. The van der Waals surface area contributed by atoms with Crippen LogP contribution in [0.15, 0.2) is 53.1 Å². The summed E-state index contributed by atoms with van der Waals surface area (Å²) in [6, 6.07) is 12.7. The Bertz CT molecular complexity index is 555. The molecule has 2 atom stereocenters. The summed E-state index contributed by atoms with van der Waals surface area (Å²) in [6.07, 6.45) is 2.26. The van der Waals surface area contributed by atoms with Crippen LogP contribution in [-0.4, -0.2) is 24.3 Å². The van der Waals surface area contributed by atoms with Crippen LogP contribution in [0.3, 0.4) is 0 Å². The van der Waals surface area contributed by atoms with Crippen LogP contribution < -0.4 is 10.6 Å². The van der Waals surface area contributed by atoms with Gasteiger partial charge < -0.3 is 20.2 Å². The molecule has 0 saturated heterocycles. The standard InChI is InChI=1S/C17H22N2O3/c1-13(9-10-20)12-18-17(21)19-16(15-8-5-11-22-15)14-6-3-2-4-7-14/h2-8,11,13,16,20H,9-10,12H2,1H3,(H2,18,19,21). The van der Waals surface area contributed by atoms with Gasteiger partial charge in [-0.25, -0.2) is 4.79 Å². The Kier molecular flexibility index (Phi) is 6.03. The zero-order valence-electron chi connectivity index (χ0n) is 12.7. The number of hydrogen-bond acceptors (Lipinski definition) is 3. The molecule has 0 spiro atoms. The average Bonchev–Trinajstić information content (AvgIpc) is 3.06. The third kappa shape index (κ3) is 4.63. The third-order valence-electron chi connectivity index (χ3n) is 3.47. The summed E-state index contributed by atoms with van der Waals surface area (Å²) in [4.78, 5) is 12.1. The van der Waals surface area contributed by atoms with E-state index in [9.17, 15) is 4.79 Å². The Hall–Kier alpha value is -2.27. The van der Waals surface area contributed by atoms with Crippen molar-refractivity contribution >= 4 is 6.03 Å². The van der Waals surface area contributed by atoms with Crippen molar-refractivity contribution < 1.29 is 14.3 Å². The summed E-state index contributed by atoms with van der Waals surface area (Å²) >= 11 is 0. The Balaban J connectivity index is 2.00. The fraction of sp³-hybridized carbons (Fsp3) is 0.353. The molecule has 0 aliphatic carbocycles. The van der Waals surface area contributed by atoms with E-state index in [-0.39, 0.29) is 24.6 Å². The molecule has 0 fully saturated rings. The fourth-order valence-electron chi connectivity index (χ4n) is 2.19. The van der Waals surface area contributed by atoms with Crippen molar-refractivity contribution in [3.8, 4) is 0 Å². The van der Waals surface area contributed by atoms with Gasteiger partial charge in [-0.05, 0) is 30.0 Å². The molecule has 1 heterocycles. The fourth-order valence-corrected chi connectivity index (χ4v) is 2.19. The molecule has 0 saturated carbocycles. The van der Waals surface area contributed by atoms with E-state index in [0.717, 1.165) is 5.56 Å². The van der Waals surface area contributed by atoms with Crippen LogP contribution in [0.4, 0.5) is 4.79 Å². The highest BCUT2D eigenvalue weighted by molar-refractivity contribution is 5.74. The number of furan rings is 1. The van der Waals surface area contributed by atoms with E-state index in [1.54, 1.807) is 12.3 Å². The van der Waals surface area contributed by atoms with Gasteiger partial charge in [-0.15, -0.1) is 0 Å². The second kappa shape index (κ2) is 8.24. The van der Waals surface area contributed by atoms with Gasteiger partial charge in [0.1, 0.15) is 11.8 Å². The summed E-state index contributed by atoms with van der Waals surface area (Å²) in [7, 11) is 0. The van der Waals surface area contributed by atoms with Crippen LogP contribution in [0.1, 0.15) is 30.7 Å². The summed E-state index contributed by atoms with van der Waals surface area (Å²) in [5.41, 5.74) is 0.955. The normalized spacial score (nSPS) is 13.4. The van der Waals surface area contributed by atoms with Crippen LogP contribution >= 0.6 is 0 Å². The van der Waals surface area contributed by atoms with Crippen LogP contribution in [0.2, 0.25) is 0 Å². The Morgan fingerprint density at radius 2 is 2.00 bits per heavy atom. The molecule has 0 radical (unpaired) electrons. The van der Waals surface area contributed by atoms with Crippen LogP contribution in [-0.2, 0) is 0 Å². The monoisotopic (exact) mass is 302 g/mol. The van der Waals surface area contributed by atoms with Crippen molar-refractivity contribution in [2.75, 3.05) is 13.2 Å². The predicted molar refractivity (Wildman–Crippen MR) is 84.4 cm³/mol. The molecule has 0 aliphatic rings. The first-order valence-electron chi connectivity index (χ1n) is 7.44. The maximum atomic E-state index is 12.1. The molecule has 5 nitrogen and oxygen atoms in total. The lowest BCUT2D eigenvalue weighted by Gasteiger charge is -2.18. The molecule has 0 bridgehead atoms. The summed E-state index contributed by atoms with van der Waals surface area (Å²) in [5.74, 6) is 0.916. The minimum Gasteiger partial charge on any atom is -0.467 e. The number of carbonyl (C=O) groups is 1. The first-order valence-corrected chi connectivity index (χ1v) is 7.44. The Labute approximate surface area is 130 Å². The van der Waals surface area contributed by atoms with E-state index >= 15 is 0 Å². The van der Waals surface area contributed by atoms with E-state index in [2.05, 4.69) is 10.6 Å². The molecule has 2 amide bonds. The maximum Gasteiger partial charge on any atom is 0.315 e. The Morgan fingerprint density at radius 1 is 1.23 bits per heavy atom. The van der Waals surface area contributed by atoms with Crippen LogP contribution in [0, 0.1) is 5.92 Å². The van der Waals surface area contributed by atoms with Crippen molar-refractivity contribution in [2.24, 2.45) is 5.92 Å². The van der Waals surface area contributed by atoms with Gasteiger partial charge in [0.2, 0.25) is 0 Å². The second-order valence-electron chi connectivity index (χ2n) is 5.33. The van der Waals surface area contributed by atoms with Crippen molar-refractivity contribution in [3.05, 3.63) is 60.1 Å². The number of hydrogen-bond donors (Lipinski definition) is 3. The predicted octanol–water partition coefficient (Wildman–Crippen LogP) is 2.69. The lowest BCUT2D eigenvalue weighted by molar-refractivity contribution is 0.230. The molecule has 1 aromatic heterocycles. The molecule has 118 valence electrons. The second-order valence-corrected chi connectivity index (χ2v) is 5.33. The Morgan fingerprint density at radius 3 is 2.64 bits per heavy atom. The van der Waals surface area contributed by atoms with Crippen LogP contribution in [0.5, 0.6) is 0 Å². The lowest BCUT2D eigenvalue weighted by Crippen LogP contribution is -2.40. The van der Waals surface area contributed by atoms with E-state index in [1.807, 2.05) is 43.3 Å². The number of rotatable bonds is 7. The maximum absolute atomic E-state index is 12.1. The zero-order valence-corrected chi connectivity index (χ0v) is 12.7. The third-order valence-corrected chi connectivity index (χ3v) is 3.47. The van der Waals surface area contributed by atoms with Gasteiger partial charge in [0.25, 0.3) is 0 Å². The van der Waals surface area contributed by atoms with E-state index in [1.165, 1.54) is 0 Å². The molecule has 5 heteroatoms. The van der Waals surface area contributed by atoms with Crippen molar-refractivity contribution in [3.63, 3.8) is 0 Å². The van der Waals surface area contributed by atoms with Crippen molar-refractivity contribution in [2.45, 2.75) is 19.4 Å². The molecule has 2 rings (SSSR count). The zero-order chi connectivity index (χ0) is 15.8. The van der Waals surface area contributed by atoms with Crippen molar-refractivity contribution in [1.29, 1.82) is 0 Å². The van der Waals surface area contributed by atoms with Gasteiger partial charge >= 0.3 is 6.03 Å². The molecule has 0 aliphatic heterocycles. The SMILES string of the molecule is CC(CCO)CNC(=O)NC(c1ccccc1)c1ccco1. The molecule has 2 unspecified atom stereocenters. The first-order chi connectivity index (χ1) is 10.7. The van der Waals surface area contributed by atoms with Gasteiger partial charge in [-0.3, -0.25) is 0 Å². The largest absolute Gasteiger partial charge is 0.467 e. The minimum atomic E-state index is -0.329. The molecular weight excluding hydrogens is 280 g/mol. The number of carbonyl (C=O) groups excluding carboxylic acids is 1. The first kappa shape index (κ1) is 16.1. The van der Waals surface area contributed by atoms with E-state index in [0.29, 0.717) is 18.7 Å². The summed E-state index contributed by atoms with van der Waals surface area (Å²) in [5, 5.41) is 14.6. The average molecular weight is 302 g/mol. The summed E-state index contributed by atoms with van der Waals surface area (Å²) in [6.45, 7) is 2.63. The highest BCUT2D eigenvalue weighted by Crippen LogP contribution is 2.22. The number of benzene rings is 1. The quantitative estimate of drug-likeness (QED) is 0.736. The number of amides is 2. The highest BCUT2D eigenvalue weighted by Gasteiger charge is 2.19. The van der Waals surface area contributed by atoms with E-state index in [4.69, 9.17) is 9.52 Å². The smallest absolute Gasteiger partial charge is 0.315 e. The van der Waals surface area contributed by atoms with Crippen LogP contribution in [0.25, 0.3) is 0 Å². The molecule has 2 aromatic rings. The molecule has 3 N–H and O–H groups in total. The number of nitrogens with one attached hydrogen (secondary N) is 2. The number of urea groups is 1. The van der Waals surface area contributed by atoms with E-state index < -0.39 is 0 Å². The van der Waals surface area contributed by atoms with Gasteiger partial charge in [-0.2, -0.15) is 0 Å². The van der Waals surface area contributed by atoms with Gasteiger partial charge in [-0.1, -0.05) is 37.3 Å². The number of aliphatic hydroxyl groups excluding tert-OH is 1. The van der Waals surface area contributed by atoms with Gasteiger partial charge in [0, 0.05) is 13.2 Å². The molecule has 1 aromatic carbocycles. The lowest BCUT2D eigenvalue weighted by atomic mass is 10.0. The molecular formula is C17H22N2O3.